The first-order valence-corrected chi connectivity index (χ1v) is 4.70. The van der Waals surface area contributed by atoms with E-state index in [1.165, 1.54) is 0 Å². The molecule has 0 bridgehead atoms. The SMILES string of the molecule is CCNC(=O)C1CCN1C(C)C. The van der Waals surface area contributed by atoms with Crippen LogP contribution in [0.5, 0.6) is 0 Å². The standard InChI is InChI=1S/C9H18N2O/c1-4-10-9(12)8-5-6-11(8)7(2)3/h7-8H,4-6H2,1-3H3,(H,10,12). The van der Waals surface area contributed by atoms with Crippen LogP contribution >= 0.6 is 0 Å². The van der Waals surface area contributed by atoms with Crippen LogP contribution in [0, 0.1) is 0 Å². The van der Waals surface area contributed by atoms with Gasteiger partial charge in [0, 0.05) is 19.1 Å². The Bertz CT molecular complexity index is 168. The number of likely N-dealkylation sites (tertiary alicyclic amines) is 1. The van der Waals surface area contributed by atoms with E-state index in [0.717, 1.165) is 19.5 Å². The van der Waals surface area contributed by atoms with Crippen LogP contribution in [-0.4, -0.2) is 36.0 Å². The zero-order valence-corrected chi connectivity index (χ0v) is 8.13. The molecule has 1 heterocycles. The molecule has 1 amide bonds. The van der Waals surface area contributed by atoms with Gasteiger partial charge in [-0.3, -0.25) is 9.69 Å². The lowest BCUT2D eigenvalue weighted by Crippen LogP contribution is -2.58. The van der Waals surface area contributed by atoms with Gasteiger partial charge in [-0.25, -0.2) is 0 Å². The highest BCUT2D eigenvalue weighted by molar-refractivity contribution is 5.82. The van der Waals surface area contributed by atoms with Crippen LogP contribution < -0.4 is 5.32 Å². The van der Waals surface area contributed by atoms with Gasteiger partial charge < -0.3 is 5.32 Å². The van der Waals surface area contributed by atoms with Gasteiger partial charge in [0.15, 0.2) is 0 Å². The fraction of sp³-hybridized carbons (Fsp3) is 0.889. The van der Waals surface area contributed by atoms with Gasteiger partial charge >= 0.3 is 0 Å². The van der Waals surface area contributed by atoms with E-state index in [9.17, 15) is 4.79 Å². The third-order valence-electron chi connectivity index (χ3n) is 2.38. The van der Waals surface area contributed by atoms with Crippen LogP contribution in [0.15, 0.2) is 0 Å². The summed E-state index contributed by atoms with van der Waals surface area (Å²) in [6.45, 7) is 8.02. The third kappa shape index (κ3) is 1.78. The summed E-state index contributed by atoms with van der Waals surface area (Å²) in [6, 6.07) is 0.635. The first kappa shape index (κ1) is 9.52. The van der Waals surface area contributed by atoms with E-state index in [2.05, 4.69) is 24.1 Å². The van der Waals surface area contributed by atoms with Gasteiger partial charge in [0.05, 0.1) is 6.04 Å². The second-order valence-electron chi connectivity index (χ2n) is 3.53. The van der Waals surface area contributed by atoms with E-state index < -0.39 is 0 Å². The maximum absolute atomic E-state index is 11.4. The molecule has 3 heteroatoms. The maximum atomic E-state index is 11.4. The summed E-state index contributed by atoms with van der Waals surface area (Å²) < 4.78 is 0. The normalized spacial score (nSPS) is 23.8. The Hall–Kier alpha value is -0.570. The minimum absolute atomic E-state index is 0.143. The molecule has 1 atom stereocenters. The van der Waals surface area contributed by atoms with Crippen LogP contribution in [0.1, 0.15) is 27.2 Å². The van der Waals surface area contributed by atoms with Gasteiger partial charge in [0.2, 0.25) is 5.91 Å². The molecule has 0 radical (unpaired) electrons. The van der Waals surface area contributed by atoms with Crippen LogP contribution in [-0.2, 0) is 4.79 Å². The Labute approximate surface area is 74.1 Å². The number of carbonyl (C=O) groups is 1. The smallest absolute Gasteiger partial charge is 0.237 e. The Balaban J connectivity index is 2.38. The quantitative estimate of drug-likeness (QED) is 0.673. The number of rotatable bonds is 3. The first-order chi connectivity index (χ1) is 5.66. The molecule has 1 aliphatic heterocycles. The number of hydrogen-bond acceptors (Lipinski definition) is 2. The zero-order valence-electron chi connectivity index (χ0n) is 8.13. The van der Waals surface area contributed by atoms with Crippen molar-refractivity contribution in [1.82, 2.24) is 10.2 Å². The number of carbonyl (C=O) groups excluding carboxylic acids is 1. The lowest BCUT2D eigenvalue weighted by atomic mass is 10.00. The van der Waals surface area contributed by atoms with E-state index in [1.54, 1.807) is 0 Å². The van der Waals surface area contributed by atoms with Crippen LogP contribution in [0.25, 0.3) is 0 Å². The average molecular weight is 170 g/mol. The third-order valence-corrected chi connectivity index (χ3v) is 2.38. The fourth-order valence-corrected chi connectivity index (χ4v) is 1.60. The van der Waals surface area contributed by atoms with Crippen molar-refractivity contribution in [2.45, 2.75) is 39.3 Å². The van der Waals surface area contributed by atoms with Crippen molar-refractivity contribution in [2.24, 2.45) is 0 Å². The molecular formula is C9H18N2O. The first-order valence-electron chi connectivity index (χ1n) is 4.70. The molecule has 0 aliphatic carbocycles. The van der Waals surface area contributed by atoms with Crippen molar-refractivity contribution < 1.29 is 4.79 Å². The largest absolute Gasteiger partial charge is 0.355 e. The van der Waals surface area contributed by atoms with E-state index in [4.69, 9.17) is 0 Å². The minimum atomic E-state index is 0.143. The van der Waals surface area contributed by atoms with Gasteiger partial charge in [-0.1, -0.05) is 0 Å². The number of amides is 1. The molecule has 0 aromatic heterocycles. The summed E-state index contributed by atoms with van der Waals surface area (Å²) in [5.74, 6) is 0.192. The van der Waals surface area contributed by atoms with Gasteiger partial charge in [-0.05, 0) is 27.2 Å². The van der Waals surface area contributed by atoms with Crippen molar-refractivity contribution >= 4 is 5.91 Å². The lowest BCUT2D eigenvalue weighted by Gasteiger charge is -2.42. The molecule has 1 unspecified atom stereocenters. The molecule has 1 saturated heterocycles. The Kier molecular flexibility index (Phi) is 3.09. The van der Waals surface area contributed by atoms with Gasteiger partial charge in [0.25, 0.3) is 0 Å². The van der Waals surface area contributed by atoms with Crippen molar-refractivity contribution in [2.75, 3.05) is 13.1 Å². The van der Waals surface area contributed by atoms with Crippen molar-refractivity contribution in [3.63, 3.8) is 0 Å². The van der Waals surface area contributed by atoms with Gasteiger partial charge in [-0.15, -0.1) is 0 Å². The second-order valence-corrected chi connectivity index (χ2v) is 3.53. The summed E-state index contributed by atoms with van der Waals surface area (Å²) in [6.07, 6.45) is 1.02. The van der Waals surface area contributed by atoms with Crippen LogP contribution in [0.2, 0.25) is 0 Å². The summed E-state index contributed by atoms with van der Waals surface area (Å²) in [7, 11) is 0. The maximum Gasteiger partial charge on any atom is 0.237 e. The molecule has 0 saturated carbocycles. The molecule has 1 aliphatic rings. The number of likely N-dealkylation sites (N-methyl/N-ethyl adjacent to an activating group) is 1. The molecule has 0 spiro atoms. The van der Waals surface area contributed by atoms with Gasteiger partial charge in [0.1, 0.15) is 0 Å². The topological polar surface area (TPSA) is 32.3 Å². The molecular weight excluding hydrogens is 152 g/mol. The number of hydrogen-bond donors (Lipinski definition) is 1. The van der Waals surface area contributed by atoms with E-state index in [0.29, 0.717) is 6.04 Å². The molecule has 0 aromatic carbocycles. The number of nitrogens with zero attached hydrogens (tertiary/aromatic N) is 1. The molecule has 12 heavy (non-hydrogen) atoms. The van der Waals surface area contributed by atoms with Crippen molar-refractivity contribution in [3.8, 4) is 0 Å². The summed E-state index contributed by atoms with van der Waals surface area (Å²) in [5.41, 5.74) is 0. The summed E-state index contributed by atoms with van der Waals surface area (Å²) in [5, 5.41) is 2.85. The molecule has 1 rings (SSSR count). The molecule has 3 nitrogen and oxygen atoms in total. The highest BCUT2D eigenvalue weighted by Gasteiger charge is 2.34. The lowest BCUT2D eigenvalue weighted by molar-refractivity contribution is -0.132. The molecule has 70 valence electrons. The summed E-state index contributed by atoms with van der Waals surface area (Å²) in [4.78, 5) is 13.6. The van der Waals surface area contributed by atoms with Crippen molar-refractivity contribution in [3.05, 3.63) is 0 Å². The zero-order chi connectivity index (χ0) is 9.14. The van der Waals surface area contributed by atoms with E-state index >= 15 is 0 Å². The predicted octanol–water partition coefficient (Wildman–Crippen LogP) is 0.605. The average Bonchev–Trinajstić information content (AvgIpc) is 1.82. The highest BCUT2D eigenvalue weighted by atomic mass is 16.2. The monoisotopic (exact) mass is 170 g/mol. The molecule has 1 fully saturated rings. The molecule has 1 N–H and O–H groups in total. The fourth-order valence-electron chi connectivity index (χ4n) is 1.60. The number of nitrogens with one attached hydrogen (secondary N) is 1. The minimum Gasteiger partial charge on any atom is -0.355 e. The van der Waals surface area contributed by atoms with E-state index in [1.807, 2.05) is 6.92 Å². The second kappa shape index (κ2) is 3.90. The van der Waals surface area contributed by atoms with Crippen LogP contribution in [0.3, 0.4) is 0 Å². The highest BCUT2D eigenvalue weighted by Crippen LogP contribution is 2.20. The van der Waals surface area contributed by atoms with Gasteiger partial charge in [-0.2, -0.15) is 0 Å². The Morgan fingerprint density at radius 1 is 1.67 bits per heavy atom. The molecule has 0 aromatic rings. The van der Waals surface area contributed by atoms with Crippen molar-refractivity contribution in [1.29, 1.82) is 0 Å². The van der Waals surface area contributed by atoms with E-state index in [-0.39, 0.29) is 11.9 Å². The Morgan fingerprint density at radius 3 is 2.67 bits per heavy atom. The summed E-state index contributed by atoms with van der Waals surface area (Å²) >= 11 is 0. The Morgan fingerprint density at radius 2 is 2.33 bits per heavy atom. The van der Waals surface area contributed by atoms with Crippen LogP contribution in [0.4, 0.5) is 0 Å². The predicted molar refractivity (Wildman–Crippen MR) is 48.9 cm³/mol.